The van der Waals surface area contributed by atoms with E-state index in [0.29, 0.717) is 0 Å². The van der Waals surface area contributed by atoms with Gasteiger partial charge in [0, 0.05) is 7.05 Å². The highest BCUT2D eigenvalue weighted by molar-refractivity contribution is 4.27. The molecule has 0 aliphatic carbocycles. The minimum Gasteiger partial charge on any atom is -0.318 e. The minimum atomic E-state index is 1.09. The molecule has 0 bridgehead atoms. The van der Waals surface area contributed by atoms with Gasteiger partial charge in [0.1, 0.15) is 0 Å². The molecule has 0 spiro atoms. The third kappa shape index (κ3) is 38.9. The van der Waals surface area contributed by atoms with Crippen LogP contribution < -0.4 is 10.6 Å². The van der Waals surface area contributed by atoms with Gasteiger partial charge in [-0.25, -0.2) is 0 Å². The summed E-state index contributed by atoms with van der Waals surface area (Å²) in [6.45, 7) is 6.39. The Labute approximate surface area is 52.7 Å². The molecule has 0 unspecified atom stereocenters. The zero-order valence-electron chi connectivity index (χ0n) is 6.12. The van der Waals surface area contributed by atoms with Crippen LogP contribution in [0.3, 0.4) is 0 Å². The van der Waals surface area contributed by atoms with Gasteiger partial charge in [0.25, 0.3) is 0 Å². The summed E-state index contributed by atoms with van der Waals surface area (Å²) < 4.78 is 0. The van der Waals surface area contributed by atoms with E-state index >= 15 is 0 Å². The maximum absolute atomic E-state index is 3.24. The highest BCUT2D eigenvalue weighted by Gasteiger charge is 1.62. The van der Waals surface area contributed by atoms with Gasteiger partial charge in [0.15, 0.2) is 0 Å². The van der Waals surface area contributed by atoms with Crippen LogP contribution in [0.25, 0.3) is 0 Å². The number of hydrogen-bond acceptors (Lipinski definition) is 2. The fourth-order valence-corrected chi connectivity index (χ4v) is 0.250. The summed E-state index contributed by atoms with van der Waals surface area (Å²) >= 11 is 0. The van der Waals surface area contributed by atoms with Gasteiger partial charge in [-0.05, 0) is 20.1 Å². The number of rotatable bonds is 2. The van der Waals surface area contributed by atoms with E-state index in [2.05, 4.69) is 31.5 Å². The van der Waals surface area contributed by atoms with Crippen molar-refractivity contribution in [3.63, 3.8) is 0 Å². The highest BCUT2D eigenvalue weighted by Crippen LogP contribution is 1.47. The van der Waals surface area contributed by atoms with Crippen LogP contribution >= 0.6 is 0 Å². The molecule has 0 amide bonds. The normalized spacial score (nSPS) is 7.50. The fourth-order valence-electron chi connectivity index (χ4n) is 0.250. The van der Waals surface area contributed by atoms with Crippen LogP contribution in [0.15, 0.2) is 0 Å². The second kappa shape index (κ2) is 15.8. The van der Waals surface area contributed by atoms with Gasteiger partial charge in [-0.15, -0.1) is 0 Å². The first kappa shape index (κ1) is 10.8. The van der Waals surface area contributed by atoms with Crippen LogP contribution in [0.1, 0.15) is 13.8 Å². The molecule has 2 heteroatoms. The maximum Gasteiger partial charge on any atom is 0.00736 e. The molecule has 2 nitrogen and oxygen atoms in total. The van der Waals surface area contributed by atoms with E-state index in [4.69, 9.17) is 0 Å². The Morgan fingerprint density at radius 2 is 1.50 bits per heavy atom. The summed E-state index contributed by atoms with van der Waals surface area (Å²) in [5.41, 5.74) is 0. The van der Waals surface area contributed by atoms with Gasteiger partial charge >= 0.3 is 0 Å². The Morgan fingerprint density at radius 1 is 1.25 bits per heavy atom. The molecule has 0 atom stereocenters. The Balaban J connectivity index is 0. The summed E-state index contributed by atoms with van der Waals surface area (Å²) in [7, 11) is 5.00. The lowest BCUT2D eigenvalue weighted by Crippen LogP contribution is -2.09. The lowest BCUT2D eigenvalue weighted by Gasteiger charge is -1.86. The monoisotopic (exact) mass is 117 g/mol. The van der Waals surface area contributed by atoms with Crippen molar-refractivity contribution < 1.29 is 0 Å². The first-order valence-electron chi connectivity index (χ1n) is 2.97. The van der Waals surface area contributed by atoms with Crippen molar-refractivity contribution in [2.24, 2.45) is 0 Å². The average molecular weight is 117 g/mol. The predicted octanol–water partition coefficient (Wildman–Crippen LogP) is 0.613. The first-order valence-corrected chi connectivity index (χ1v) is 2.97. The molecule has 1 radical (unpaired) electrons. The molecule has 0 heterocycles. The SMILES string of the molecule is CCNCC.[CH2]NC. The summed E-state index contributed by atoms with van der Waals surface area (Å²) in [5.74, 6) is 0. The predicted molar refractivity (Wildman–Crippen MR) is 38.6 cm³/mol. The van der Waals surface area contributed by atoms with Crippen LogP contribution in [-0.2, 0) is 0 Å². The van der Waals surface area contributed by atoms with Gasteiger partial charge in [0.05, 0.1) is 0 Å². The van der Waals surface area contributed by atoms with E-state index in [0.717, 1.165) is 13.1 Å². The van der Waals surface area contributed by atoms with Gasteiger partial charge in [-0.3, -0.25) is 0 Å². The molecule has 0 fully saturated rings. The Bertz CT molecular complexity index is 20.5. The Kier molecular flexibility index (Phi) is 21.3. The minimum absolute atomic E-state index is 1.09. The van der Waals surface area contributed by atoms with Crippen LogP contribution in [0.5, 0.6) is 0 Å². The number of nitrogens with one attached hydrogen (secondary N) is 2. The zero-order chi connectivity index (χ0) is 6.83. The van der Waals surface area contributed by atoms with Crippen molar-refractivity contribution in [2.75, 3.05) is 20.1 Å². The average Bonchev–Trinajstić information content (AvgIpc) is 1.71. The zero-order valence-corrected chi connectivity index (χ0v) is 6.12. The standard InChI is InChI=1S/C4H11N.C2H6N/c1-3-5-4-2;1-3-2/h5H,3-4H2,1-2H3;3H,1H2,2H3. The van der Waals surface area contributed by atoms with Crippen LogP contribution in [0.4, 0.5) is 0 Å². The lowest BCUT2D eigenvalue weighted by atomic mass is 10.7. The molecular weight excluding hydrogens is 100 g/mol. The highest BCUT2D eigenvalue weighted by atomic mass is 14.8. The van der Waals surface area contributed by atoms with Crippen molar-refractivity contribution in [2.45, 2.75) is 13.8 Å². The molecular formula is C6H17N2. The smallest absolute Gasteiger partial charge is 0.00736 e. The Hall–Kier alpha value is -0.0800. The van der Waals surface area contributed by atoms with Crippen molar-refractivity contribution in [1.82, 2.24) is 10.6 Å². The fraction of sp³-hybridized carbons (Fsp3) is 0.833. The van der Waals surface area contributed by atoms with E-state index in [1.807, 2.05) is 0 Å². The topological polar surface area (TPSA) is 24.1 Å². The van der Waals surface area contributed by atoms with Crippen molar-refractivity contribution in [1.29, 1.82) is 0 Å². The summed E-state index contributed by atoms with van der Waals surface area (Å²) in [4.78, 5) is 0. The molecule has 0 aromatic carbocycles. The van der Waals surface area contributed by atoms with Gasteiger partial charge in [-0.2, -0.15) is 0 Å². The molecule has 2 N–H and O–H groups in total. The van der Waals surface area contributed by atoms with Crippen molar-refractivity contribution in [3.05, 3.63) is 7.05 Å². The molecule has 0 saturated heterocycles. The Morgan fingerprint density at radius 3 is 1.50 bits per heavy atom. The molecule has 0 aromatic heterocycles. The molecule has 0 saturated carbocycles. The quantitative estimate of drug-likeness (QED) is 0.554. The summed E-state index contributed by atoms with van der Waals surface area (Å²) in [6.07, 6.45) is 0. The lowest BCUT2D eigenvalue weighted by molar-refractivity contribution is 0.762. The van der Waals surface area contributed by atoms with Crippen molar-refractivity contribution >= 4 is 0 Å². The second-order valence-electron chi connectivity index (χ2n) is 1.31. The molecule has 8 heavy (non-hydrogen) atoms. The van der Waals surface area contributed by atoms with E-state index < -0.39 is 0 Å². The van der Waals surface area contributed by atoms with E-state index in [1.165, 1.54) is 0 Å². The van der Waals surface area contributed by atoms with Gasteiger partial charge < -0.3 is 10.6 Å². The van der Waals surface area contributed by atoms with E-state index in [1.54, 1.807) is 7.05 Å². The molecule has 0 aromatic rings. The first-order chi connectivity index (χ1) is 3.83. The molecule has 51 valence electrons. The molecule has 0 rings (SSSR count). The van der Waals surface area contributed by atoms with E-state index in [-0.39, 0.29) is 0 Å². The van der Waals surface area contributed by atoms with Crippen LogP contribution in [-0.4, -0.2) is 20.1 Å². The molecule has 0 aliphatic heterocycles. The number of hydrogen-bond donors (Lipinski definition) is 2. The maximum atomic E-state index is 3.24. The second-order valence-corrected chi connectivity index (χ2v) is 1.31. The van der Waals surface area contributed by atoms with Gasteiger partial charge in [-0.1, -0.05) is 13.8 Å². The van der Waals surface area contributed by atoms with Crippen molar-refractivity contribution in [3.8, 4) is 0 Å². The summed E-state index contributed by atoms with van der Waals surface area (Å²) in [6, 6.07) is 0. The largest absolute Gasteiger partial charge is 0.318 e. The van der Waals surface area contributed by atoms with Crippen LogP contribution in [0, 0.1) is 7.05 Å². The molecule has 0 aliphatic rings. The van der Waals surface area contributed by atoms with Crippen LogP contribution in [0.2, 0.25) is 0 Å². The summed E-state index contributed by atoms with van der Waals surface area (Å²) in [5, 5.41) is 5.61. The third-order valence-corrected chi connectivity index (χ3v) is 0.500. The van der Waals surface area contributed by atoms with Gasteiger partial charge in [0.2, 0.25) is 0 Å². The third-order valence-electron chi connectivity index (χ3n) is 0.500. The van der Waals surface area contributed by atoms with E-state index in [9.17, 15) is 0 Å².